The highest BCUT2D eigenvalue weighted by Crippen LogP contribution is 2.36. The monoisotopic (exact) mass is 250 g/mol. The number of halogens is 2. The molecule has 0 amide bonds. The smallest absolute Gasteiger partial charge is 0.299 e. The molecule has 2 aromatic carbocycles. The van der Waals surface area contributed by atoms with E-state index in [1.165, 1.54) is 18.2 Å². The molecule has 0 aliphatic carbocycles. The van der Waals surface area contributed by atoms with Gasteiger partial charge in [0.2, 0.25) is 0 Å². The van der Waals surface area contributed by atoms with Crippen molar-refractivity contribution in [1.29, 1.82) is 0 Å². The van der Waals surface area contributed by atoms with Gasteiger partial charge in [0.15, 0.2) is 0 Å². The van der Waals surface area contributed by atoms with Crippen molar-refractivity contribution >= 4 is 0 Å². The Labute approximate surface area is 103 Å². The zero-order chi connectivity index (χ0) is 13.0. The maximum atomic E-state index is 13.5. The fourth-order valence-corrected chi connectivity index (χ4v) is 1.56. The van der Waals surface area contributed by atoms with E-state index in [1.54, 1.807) is 36.4 Å². The minimum absolute atomic E-state index is 0.0442. The third-order valence-electron chi connectivity index (χ3n) is 2.45. The summed E-state index contributed by atoms with van der Waals surface area (Å²) < 4.78 is 32.4. The van der Waals surface area contributed by atoms with E-state index in [4.69, 9.17) is 9.84 Å². The lowest BCUT2D eigenvalue weighted by Gasteiger charge is -2.17. The van der Waals surface area contributed by atoms with Gasteiger partial charge >= 0.3 is 0 Å². The first-order chi connectivity index (χ1) is 8.63. The van der Waals surface area contributed by atoms with Crippen molar-refractivity contribution in [2.75, 3.05) is 6.61 Å². The Bertz CT molecular complexity index is 512. The van der Waals surface area contributed by atoms with Crippen LogP contribution in [0.15, 0.2) is 54.6 Å². The second-order valence-corrected chi connectivity index (χ2v) is 3.77. The number of para-hydroxylation sites is 2. The van der Waals surface area contributed by atoms with Crippen LogP contribution in [0.4, 0.5) is 8.78 Å². The standard InChI is InChI=1S/C14H12F2O2/c15-14(16,10-17)12-8-4-5-9-13(12)18-11-6-2-1-3-7-11/h1-9,17H,10H2. The van der Waals surface area contributed by atoms with Crippen LogP contribution in [-0.2, 0) is 5.92 Å². The molecule has 0 aliphatic rings. The average molecular weight is 250 g/mol. The van der Waals surface area contributed by atoms with E-state index >= 15 is 0 Å². The van der Waals surface area contributed by atoms with Gasteiger partial charge in [-0.15, -0.1) is 0 Å². The molecule has 94 valence electrons. The SMILES string of the molecule is OCC(F)(F)c1ccccc1Oc1ccccc1. The molecule has 0 bridgehead atoms. The first kappa shape index (κ1) is 12.5. The summed E-state index contributed by atoms with van der Waals surface area (Å²) >= 11 is 0. The molecule has 4 heteroatoms. The van der Waals surface area contributed by atoms with Crippen LogP contribution in [0.1, 0.15) is 5.56 Å². The van der Waals surface area contributed by atoms with Crippen LogP contribution >= 0.6 is 0 Å². The molecule has 1 N–H and O–H groups in total. The van der Waals surface area contributed by atoms with Crippen LogP contribution in [0.2, 0.25) is 0 Å². The summed E-state index contributed by atoms with van der Waals surface area (Å²) in [6.45, 7) is -1.25. The summed E-state index contributed by atoms with van der Waals surface area (Å²) in [6, 6.07) is 14.4. The first-order valence-electron chi connectivity index (χ1n) is 5.44. The fraction of sp³-hybridized carbons (Fsp3) is 0.143. The third-order valence-corrected chi connectivity index (χ3v) is 2.45. The molecule has 0 spiro atoms. The Morgan fingerprint density at radius 2 is 1.56 bits per heavy atom. The van der Waals surface area contributed by atoms with E-state index < -0.39 is 12.5 Å². The number of aliphatic hydroxyl groups excluding tert-OH is 1. The lowest BCUT2D eigenvalue weighted by molar-refractivity contribution is -0.0568. The Hall–Kier alpha value is -1.94. The topological polar surface area (TPSA) is 29.5 Å². The van der Waals surface area contributed by atoms with Crippen molar-refractivity contribution in [3.05, 3.63) is 60.2 Å². The van der Waals surface area contributed by atoms with Gasteiger partial charge in [0, 0.05) is 0 Å². The van der Waals surface area contributed by atoms with Gasteiger partial charge in [0.1, 0.15) is 18.1 Å². The number of hydrogen-bond acceptors (Lipinski definition) is 2. The predicted octanol–water partition coefficient (Wildman–Crippen LogP) is 3.56. The lowest BCUT2D eigenvalue weighted by atomic mass is 10.1. The summed E-state index contributed by atoms with van der Waals surface area (Å²) in [5, 5.41) is 8.73. The van der Waals surface area contributed by atoms with Gasteiger partial charge in [0.25, 0.3) is 5.92 Å². The second kappa shape index (κ2) is 5.14. The molecule has 2 aromatic rings. The van der Waals surface area contributed by atoms with Crippen molar-refractivity contribution in [2.24, 2.45) is 0 Å². The molecule has 0 atom stereocenters. The fourth-order valence-electron chi connectivity index (χ4n) is 1.56. The summed E-state index contributed by atoms with van der Waals surface area (Å²) in [5.41, 5.74) is -0.323. The molecule has 0 aliphatic heterocycles. The van der Waals surface area contributed by atoms with E-state index in [1.807, 2.05) is 0 Å². The van der Waals surface area contributed by atoms with Gasteiger partial charge in [-0.1, -0.05) is 30.3 Å². The summed E-state index contributed by atoms with van der Waals surface area (Å²) in [5.74, 6) is -2.80. The Balaban J connectivity index is 2.34. The van der Waals surface area contributed by atoms with Gasteiger partial charge in [0.05, 0.1) is 5.56 Å². The molecular formula is C14H12F2O2. The summed E-state index contributed by atoms with van der Waals surface area (Å²) in [6.07, 6.45) is 0. The number of benzene rings is 2. The number of hydrogen-bond donors (Lipinski definition) is 1. The Morgan fingerprint density at radius 1 is 0.944 bits per heavy atom. The highest BCUT2D eigenvalue weighted by Gasteiger charge is 2.33. The zero-order valence-corrected chi connectivity index (χ0v) is 9.51. The minimum atomic E-state index is -3.31. The van der Waals surface area contributed by atoms with Gasteiger partial charge in [-0.3, -0.25) is 0 Å². The second-order valence-electron chi connectivity index (χ2n) is 3.77. The predicted molar refractivity (Wildman–Crippen MR) is 63.9 cm³/mol. The first-order valence-corrected chi connectivity index (χ1v) is 5.44. The highest BCUT2D eigenvalue weighted by molar-refractivity contribution is 5.40. The van der Waals surface area contributed by atoms with Crippen LogP contribution < -0.4 is 4.74 Å². The van der Waals surface area contributed by atoms with Crippen LogP contribution in [0.25, 0.3) is 0 Å². The van der Waals surface area contributed by atoms with Crippen LogP contribution in [0.3, 0.4) is 0 Å². The molecular weight excluding hydrogens is 238 g/mol. The number of alkyl halides is 2. The van der Waals surface area contributed by atoms with Crippen molar-refractivity contribution in [3.8, 4) is 11.5 Å². The van der Waals surface area contributed by atoms with E-state index in [-0.39, 0.29) is 11.3 Å². The molecule has 0 saturated heterocycles. The number of rotatable bonds is 4. The Kier molecular flexibility index (Phi) is 3.58. The largest absolute Gasteiger partial charge is 0.457 e. The molecule has 2 rings (SSSR count). The van der Waals surface area contributed by atoms with E-state index in [0.717, 1.165) is 0 Å². The molecule has 0 saturated carbocycles. The quantitative estimate of drug-likeness (QED) is 0.899. The average Bonchev–Trinajstić information content (AvgIpc) is 2.40. The number of ether oxygens (including phenoxy) is 1. The molecule has 2 nitrogen and oxygen atoms in total. The van der Waals surface area contributed by atoms with Crippen molar-refractivity contribution < 1.29 is 18.6 Å². The van der Waals surface area contributed by atoms with Crippen molar-refractivity contribution in [2.45, 2.75) is 5.92 Å². The van der Waals surface area contributed by atoms with Crippen LogP contribution in [-0.4, -0.2) is 11.7 Å². The van der Waals surface area contributed by atoms with Gasteiger partial charge in [-0.05, 0) is 24.3 Å². The van der Waals surface area contributed by atoms with Crippen molar-refractivity contribution in [1.82, 2.24) is 0 Å². The molecule has 0 heterocycles. The molecule has 0 aromatic heterocycles. The third kappa shape index (κ3) is 2.65. The highest BCUT2D eigenvalue weighted by atomic mass is 19.3. The van der Waals surface area contributed by atoms with Gasteiger partial charge in [-0.2, -0.15) is 8.78 Å². The maximum absolute atomic E-state index is 13.5. The van der Waals surface area contributed by atoms with E-state index in [0.29, 0.717) is 5.75 Å². The summed E-state index contributed by atoms with van der Waals surface area (Å²) in [7, 11) is 0. The molecule has 18 heavy (non-hydrogen) atoms. The number of aliphatic hydroxyl groups is 1. The van der Waals surface area contributed by atoms with Crippen LogP contribution in [0, 0.1) is 0 Å². The van der Waals surface area contributed by atoms with E-state index in [2.05, 4.69) is 0 Å². The van der Waals surface area contributed by atoms with E-state index in [9.17, 15) is 8.78 Å². The van der Waals surface area contributed by atoms with Gasteiger partial charge in [-0.25, -0.2) is 0 Å². The Morgan fingerprint density at radius 3 is 2.22 bits per heavy atom. The molecule has 0 unspecified atom stereocenters. The zero-order valence-electron chi connectivity index (χ0n) is 9.51. The normalized spacial score (nSPS) is 11.3. The minimum Gasteiger partial charge on any atom is -0.457 e. The summed E-state index contributed by atoms with van der Waals surface area (Å²) in [4.78, 5) is 0. The maximum Gasteiger partial charge on any atom is 0.299 e. The van der Waals surface area contributed by atoms with Gasteiger partial charge < -0.3 is 9.84 Å². The van der Waals surface area contributed by atoms with Crippen molar-refractivity contribution in [3.63, 3.8) is 0 Å². The van der Waals surface area contributed by atoms with Crippen LogP contribution in [0.5, 0.6) is 11.5 Å². The lowest BCUT2D eigenvalue weighted by Crippen LogP contribution is -2.19. The molecule has 0 radical (unpaired) electrons. The molecule has 0 fully saturated rings.